The Kier molecular flexibility index (Phi) is 4.10. The van der Waals surface area contributed by atoms with Crippen LogP contribution in [0.15, 0.2) is 42.5 Å². The van der Waals surface area contributed by atoms with E-state index in [4.69, 9.17) is 10.5 Å². The van der Waals surface area contributed by atoms with Crippen LogP contribution in [-0.2, 0) is 0 Å². The first-order chi connectivity index (χ1) is 9.65. The van der Waals surface area contributed by atoms with Crippen molar-refractivity contribution in [2.24, 2.45) is 0 Å². The highest BCUT2D eigenvalue weighted by atomic mass is 16.5. The number of para-hydroxylation sites is 2. The van der Waals surface area contributed by atoms with Crippen molar-refractivity contribution < 1.29 is 9.53 Å². The van der Waals surface area contributed by atoms with Gasteiger partial charge in [0.25, 0.3) is 5.91 Å². The van der Waals surface area contributed by atoms with E-state index in [-0.39, 0.29) is 5.91 Å². The van der Waals surface area contributed by atoms with Crippen LogP contribution in [-0.4, -0.2) is 20.1 Å². The molecule has 5 heteroatoms. The fourth-order valence-electron chi connectivity index (χ4n) is 1.89. The third kappa shape index (κ3) is 2.83. The van der Waals surface area contributed by atoms with E-state index in [1.807, 2.05) is 24.3 Å². The van der Waals surface area contributed by atoms with Gasteiger partial charge in [0.2, 0.25) is 0 Å². The highest BCUT2D eigenvalue weighted by Crippen LogP contribution is 2.29. The van der Waals surface area contributed by atoms with Gasteiger partial charge in [0.15, 0.2) is 0 Å². The van der Waals surface area contributed by atoms with Crippen molar-refractivity contribution in [3.63, 3.8) is 0 Å². The number of rotatable bonds is 4. The van der Waals surface area contributed by atoms with Crippen molar-refractivity contribution in [3.05, 3.63) is 48.0 Å². The van der Waals surface area contributed by atoms with Crippen LogP contribution in [0.25, 0.3) is 0 Å². The average Bonchev–Trinajstić information content (AvgIpc) is 2.47. The Bertz CT molecular complexity index is 626. The SMILES string of the molecule is CNC(=O)c1ccc(N)cc1Nc1ccccc1OC. The van der Waals surface area contributed by atoms with Gasteiger partial charge in [-0.3, -0.25) is 4.79 Å². The Morgan fingerprint density at radius 1 is 1.15 bits per heavy atom. The van der Waals surface area contributed by atoms with Crippen LogP contribution in [0.5, 0.6) is 5.75 Å². The molecule has 0 aliphatic rings. The number of carbonyl (C=O) groups excluding carboxylic acids is 1. The molecule has 2 rings (SSSR count). The summed E-state index contributed by atoms with van der Waals surface area (Å²) in [4.78, 5) is 11.9. The normalized spacial score (nSPS) is 9.90. The number of nitrogen functional groups attached to an aromatic ring is 1. The number of carbonyl (C=O) groups is 1. The molecule has 0 saturated heterocycles. The Morgan fingerprint density at radius 2 is 1.90 bits per heavy atom. The molecule has 20 heavy (non-hydrogen) atoms. The lowest BCUT2D eigenvalue weighted by atomic mass is 10.1. The zero-order valence-corrected chi connectivity index (χ0v) is 11.4. The molecule has 0 radical (unpaired) electrons. The van der Waals surface area contributed by atoms with Gasteiger partial charge in [-0.25, -0.2) is 0 Å². The quantitative estimate of drug-likeness (QED) is 0.746. The topological polar surface area (TPSA) is 76.4 Å². The van der Waals surface area contributed by atoms with Crippen molar-refractivity contribution >= 4 is 23.0 Å². The summed E-state index contributed by atoms with van der Waals surface area (Å²) in [7, 11) is 3.19. The molecule has 2 aromatic carbocycles. The molecule has 0 heterocycles. The fraction of sp³-hybridized carbons (Fsp3) is 0.133. The van der Waals surface area contributed by atoms with Gasteiger partial charge in [-0.2, -0.15) is 0 Å². The van der Waals surface area contributed by atoms with E-state index >= 15 is 0 Å². The number of ether oxygens (including phenoxy) is 1. The first-order valence-corrected chi connectivity index (χ1v) is 6.17. The van der Waals surface area contributed by atoms with Crippen LogP contribution in [0.4, 0.5) is 17.1 Å². The number of amides is 1. The Labute approximate surface area is 117 Å². The molecule has 0 fully saturated rings. The maximum atomic E-state index is 11.9. The fourth-order valence-corrected chi connectivity index (χ4v) is 1.89. The van der Waals surface area contributed by atoms with Gasteiger partial charge in [-0.1, -0.05) is 12.1 Å². The third-order valence-corrected chi connectivity index (χ3v) is 2.89. The summed E-state index contributed by atoms with van der Waals surface area (Å²) < 4.78 is 5.28. The van der Waals surface area contributed by atoms with Crippen molar-refractivity contribution in [1.29, 1.82) is 0 Å². The molecule has 0 spiro atoms. The van der Waals surface area contributed by atoms with Crippen LogP contribution < -0.4 is 21.1 Å². The van der Waals surface area contributed by atoms with E-state index in [9.17, 15) is 4.79 Å². The van der Waals surface area contributed by atoms with Crippen LogP contribution in [0.3, 0.4) is 0 Å². The average molecular weight is 271 g/mol. The zero-order valence-electron chi connectivity index (χ0n) is 11.4. The molecular formula is C15H17N3O2. The first kappa shape index (κ1) is 13.7. The second-order valence-electron chi connectivity index (χ2n) is 4.21. The minimum absolute atomic E-state index is 0.178. The molecule has 0 unspecified atom stereocenters. The van der Waals surface area contributed by atoms with E-state index < -0.39 is 0 Å². The molecule has 2 aromatic rings. The smallest absolute Gasteiger partial charge is 0.253 e. The van der Waals surface area contributed by atoms with Crippen LogP contribution >= 0.6 is 0 Å². The second-order valence-corrected chi connectivity index (χ2v) is 4.21. The maximum Gasteiger partial charge on any atom is 0.253 e. The number of benzene rings is 2. The predicted molar refractivity (Wildman–Crippen MR) is 80.5 cm³/mol. The summed E-state index contributed by atoms with van der Waals surface area (Å²) in [5.74, 6) is 0.514. The standard InChI is InChI=1S/C15H17N3O2/c1-17-15(19)11-8-7-10(16)9-13(11)18-12-5-3-4-6-14(12)20-2/h3-9,18H,16H2,1-2H3,(H,17,19). The van der Waals surface area contributed by atoms with Gasteiger partial charge in [-0.05, 0) is 30.3 Å². The van der Waals surface area contributed by atoms with Gasteiger partial charge in [0, 0.05) is 12.7 Å². The number of hydrogen-bond acceptors (Lipinski definition) is 4. The van der Waals surface area contributed by atoms with Gasteiger partial charge >= 0.3 is 0 Å². The van der Waals surface area contributed by atoms with E-state index in [2.05, 4.69) is 10.6 Å². The molecule has 0 bridgehead atoms. The van der Waals surface area contributed by atoms with E-state index in [0.717, 1.165) is 5.69 Å². The lowest BCUT2D eigenvalue weighted by Crippen LogP contribution is -2.19. The molecule has 4 N–H and O–H groups in total. The lowest BCUT2D eigenvalue weighted by molar-refractivity contribution is 0.0964. The lowest BCUT2D eigenvalue weighted by Gasteiger charge is -2.14. The molecule has 5 nitrogen and oxygen atoms in total. The molecule has 0 aromatic heterocycles. The molecule has 0 aliphatic carbocycles. The minimum Gasteiger partial charge on any atom is -0.495 e. The van der Waals surface area contributed by atoms with E-state index in [1.54, 1.807) is 32.4 Å². The summed E-state index contributed by atoms with van der Waals surface area (Å²) in [6, 6.07) is 12.6. The summed E-state index contributed by atoms with van der Waals surface area (Å²) >= 11 is 0. The molecule has 0 atom stereocenters. The summed E-state index contributed by atoms with van der Waals surface area (Å²) in [5, 5.41) is 5.79. The molecule has 1 amide bonds. The van der Waals surface area contributed by atoms with Crippen molar-refractivity contribution in [3.8, 4) is 5.75 Å². The first-order valence-electron chi connectivity index (χ1n) is 6.17. The zero-order chi connectivity index (χ0) is 14.5. The Hall–Kier alpha value is -2.69. The second kappa shape index (κ2) is 5.97. The van der Waals surface area contributed by atoms with Crippen LogP contribution in [0.1, 0.15) is 10.4 Å². The number of hydrogen-bond donors (Lipinski definition) is 3. The molecule has 104 valence electrons. The number of nitrogens with two attached hydrogens (primary N) is 1. The third-order valence-electron chi connectivity index (χ3n) is 2.89. The van der Waals surface area contributed by atoms with Gasteiger partial charge in [-0.15, -0.1) is 0 Å². The number of anilines is 3. The summed E-state index contributed by atoms with van der Waals surface area (Å²) in [6.45, 7) is 0. The Balaban J connectivity index is 2.42. The predicted octanol–water partition coefficient (Wildman–Crippen LogP) is 2.38. The molecule has 0 saturated carbocycles. The van der Waals surface area contributed by atoms with Crippen LogP contribution in [0, 0.1) is 0 Å². The monoisotopic (exact) mass is 271 g/mol. The van der Waals surface area contributed by atoms with E-state index in [1.165, 1.54) is 0 Å². The van der Waals surface area contributed by atoms with Crippen LogP contribution in [0.2, 0.25) is 0 Å². The van der Waals surface area contributed by atoms with Crippen molar-refractivity contribution in [1.82, 2.24) is 5.32 Å². The number of nitrogens with one attached hydrogen (secondary N) is 2. The summed E-state index contributed by atoms with van der Waals surface area (Å²) in [5.41, 5.74) is 8.29. The van der Waals surface area contributed by atoms with Crippen molar-refractivity contribution in [2.75, 3.05) is 25.2 Å². The Morgan fingerprint density at radius 3 is 2.60 bits per heavy atom. The highest BCUT2D eigenvalue weighted by molar-refractivity contribution is 6.01. The number of methoxy groups -OCH3 is 1. The van der Waals surface area contributed by atoms with Gasteiger partial charge in [0.1, 0.15) is 5.75 Å². The van der Waals surface area contributed by atoms with Gasteiger partial charge in [0.05, 0.1) is 24.0 Å². The maximum absolute atomic E-state index is 11.9. The summed E-state index contributed by atoms with van der Waals surface area (Å²) in [6.07, 6.45) is 0. The van der Waals surface area contributed by atoms with Crippen molar-refractivity contribution in [2.45, 2.75) is 0 Å². The van der Waals surface area contributed by atoms with Gasteiger partial charge < -0.3 is 21.1 Å². The molecular weight excluding hydrogens is 254 g/mol. The minimum atomic E-state index is -0.178. The highest BCUT2D eigenvalue weighted by Gasteiger charge is 2.12. The molecule has 0 aliphatic heterocycles. The largest absolute Gasteiger partial charge is 0.495 e. The van der Waals surface area contributed by atoms with E-state index in [0.29, 0.717) is 22.7 Å².